The molecule has 0 saturated heterocycles. The SMILES string of the molecule is CCCCCCCCCCCCCCCC(=O)O[C@H](COC(=O)CCCCCCCCCS)COP(=O)(O)OC1C(O)[C@@H](OP(=O)(O)O)C(OP(=O)(O)O)[C@@H](O)[C@H]1O. The Morgan fingerprint density at radius 3 is 1.38 bits per heavy atom. The maximum atomic E-state index is 13.0. The molecule has 1 rings (SSSR count). The lowest BCUT2D eigenvalue weighted by Gasteiger charge is -2.44. The first kappa shape index (κ1) is 55.5. The van der Waals surface area contributed by atoms with Gasteiger partial charge in [-0.15, -0.1) is 0 Å². The number of unbranched alkanes of at least 4 members (excludes halogenated alkanes) is 18. The van der Waals surface area contributed by atoms with E-state index in [1.807, 2.05) is 0 Å². The normalized spacial score (nSPS) is 23.0. The number of hydrogen-bond acceptors (Lipinski definition) is 15. The van der Waals surface area contributed by atoms with Crippen molar-refractivity contribution in [2.24, 2.45) is 0 Å². The van der Waals surface area contributed by atoms with Crippen molar-refractivity contribution in [1.29, 1.82) is 0 Å². The van der Waals surface area contributed by atoms with Crippen LogP contribution in [0.3, 0.4) is 0 Å². The van der Waals surface area contributed by atoms with E-state index in [0.29, 0.717) is 12.8 Å². The zero-order valence-corrected chi connectivity index (χ0v) is 37.2. The predicted molar refractivity (Wildman–Crippen MR) is 214 cm³/mol. The van der Waals surface area contributed by atoms with Crippen molar-refractivity contribution < 1.29 is 90.6 Å². The van der Waals surface area contributed by atoms with Crippen LogP contribution in [-0.4, -0.2) is 113 Å². The molecule has 0 radical (unpaired) electrons. The van der Waals surface area contributed by atoms with E-state index in [1.165, 1.54) is 44.9 Å². The molecule has 1 aliphatic rings. The molecule has 23 heteroatoms. The Morgan fingerprint density at radius 2 is 0.931 bits per heavy atom. The molecule has 1 saturated carbocycles. The first-order chi connectivity index (χ1) is 27.3. The maximum absolute atomic E-state index is 13.0. The zero-order chi connectivity index (χ0) is 43.6. The third kappa shape index (κ3) is 26.8. The van der Waals surface area contributed by atoms with Crippen LogP contribution in [0.25, 0.3) is 0 Å². The van der Waals surface area contributed by atoms with Gasteiger partial charge in [-0.1, -0.05) is 116 Å². The van der Waals surface area contributed by atoms with Gasteiger partial charge in [-0.2, -0.15) is 12.6 Å². The second kappa shape index (κ2) is 30.5. The summed E-state index contributed by atoms with van der Waals surface area (Å²) < 4.78 is 65.0. The van der Waals surface area contributed by atoms with Gasteiger partial charge in [-0.25, -0.2) is 13.7 Å². The summed E-state index contributed by atoms with van der Waals surface area (Å²) in [4.78, 5) is 72.7. The maximum Gasteiger partial charge on any atom is 0.472 e. The van der Waals surface area contributed by atoms with Crippen molar-refractivity contribution >= 4 is 48.0 Å². The predicted octanol–water partition coefficient (Wildman–Crippen LogP) is 5.53. The molecule has 0 aromatic carbocycles. The number of carbonyl (C=O) groups excluding carboxylic acids is 2. The number of ether oxygens (including phenoxy) is 2. The molecule has 0 aliphatic heterocycles. The van der Waals surface area contributed by atoms with Gasteiger partial charge in [0, 0.05) is 12.8 Å². The van der Waals surface area contributed by atoms with Crippen LogP contribution >= 0.6 is 36.1 Å². The van der Waals surface area contributed by atoms with E-state index in [-0.39, 0.29) is 12.8 Å². The second-order valence-electron chi connectivity index (χ2n) is 14.7. The van der Waals surface area contributed by atoms with Crippen LogP contribution < -0.4 is 0 Å². The zero-order valence-electron chi connectivity index (χ0n) is 33.6. The van der Waals surface area contributed by atoms with Gasteiger partial charge in [0.05, 0.1) is 6.61 Å². The monoisotopic (exact) mass is 918 g/mol. The Labute approximate surface area is 347 Å². The topological polar surface area (TPSA) is 303 Å². The lowest BCUT2D eigenvalue weighted by Crippen LogP contribution is -2.65. The van der Waals surface area contributed by atoms with Crippen molar-refractivity contribution in [3.63, 3.8) is 0 Å². The summed E-state index contributed by atoms with van der Waals surface area (Å²) in [6, 6.07) is 0. The van der Waals surface area contributed by atoms with Crippen LogP contribution in [0.1, 0.15) is 148 Å². The molecule has 344 valence electrons. The number of phosphoric ester groups is 3. The summed E-state index contributed by atoms with van der Waals surface area (Å²) in [6.07, 6.45) is 4.53. The van der Waals surface area contributed by atoms with Gasteiger partial charge < -0.3 is 49.3 Å². The second-order valence-corrected chi connectivity index (χ2v) is 18.9. The van der Waals surface area contributed by atoms with Gasteiger partial charge in [0.25, 0.3) is 0 Å². The van der Waals surface area contributed by atoms with E-state index in [9.17, 15) is 63.1 Å². The fourth-order valence-electron chi connectivity index (χ4n) is 6.39. The van der Waals surface area contributed by atoms with Crippen LogP contribution in [0.4, 0.5) is 0 Å². The highest BCUT2D eigenvalue weighted by Gasteiger charge is 2.56. The largest absolute Gasteiger partial charge is 0.472 e. The number of phosphoric acid groups is 3. The molecule has 0 bridgehead atoms. The number of carbonyl (C=O) groups is 2. The molecule has 8 atom stereocenters. The minimum atomic E-state index is -5.59. The number of rotatable bonds is 35. The van der Waals surface area contributed by atoms with Gasteiger partial charge in [-0.3, -0.25) is 27.7 Å². The lowest BCUT2D eigenvalue weighted by atomic mass is 9.85. The molecule has 58 heavy (non-hydrogen) atoms. The summed E-state index contributed by atoms with van der Waals surface area (Å²) in [5.41, 5.74) is 0. The molecule has 1 aliphatic carbocycles. The van der Waals surface area contributed by atoms with Crippen LogP contribution in [-0.2, 0) is 50.9 Å². The highest BCUT2D eigenvalue weighted by atomic mass is 32.1. The molecule has 8 N–H and O–H groups in total. The molecule has 0 heterocycles. The highest BCUT2D eigenvalue weighted by molar-refractivity contribution is 7.80. The number of thiol groups is 1. The summed E-state index contributed by atoms with van der Waals surface area (Å²) in [6.45, 7) is 0.717. The van der Waals surface area contributed by atoms with Crippen LogP contribution in [0.15, 0.2) is 0 Å². The Hall–Kier alpha value is -0.500. The van der Waals surface area contributed by atoms with E-state index in [2.05, 4.69) is 28.6 Å². The Morgan fingerprint density at radius 1 is 0.534 bits per heavy atom. The van der Waals surface area contributed by atoms with Crippen LogP contribution in [0.2, 0.25) is 0 Å². The third-order valence-electron chi connectivity index (χ3n) is 9.47. The van der Waals surface area contributed by atoms with Gasteiger partial charge in [-0.05, 0) is 25.0 Å². The average Bonchev–Trinajstić information content (AvgIpc) is 3.14. The lowest BCUT2D eigenvalue weighted by molar-refractivity contribution is -0.213. The van der Waals surface area contributed by atoms with Gasteiger partial charge >= 0.3 is 35.4 Å². The van der Waals surface area contributed by atoms with Crippen molar-refractivity contribution in [2.75, 3.05) is 19.0 Å². The molecular weight excluding hydrogens is 849 g/mol. The Bertz CT molecular complexity index is 1270. The summed E-state index contributed by atoms with van der Waals surface area (Å²) in [5.74, 6) is -0.472. The number of hydrogen-bond donors (Lipinski definition) is 9. The Balaban J connectivity index is 2.80. The van der Waals surface area contributed by atoms with E-state index >= 15 is 0 Å². The fourth-order valence-corrected chi connectivity index (χ4v) is 8.71. The smallest absolute Gasteiger partial charge is 0.462 e. The summed E-state index contributed by atoms with van der Waals surface area (Å²) >= 11 is 4.19. The molecule has 19 nitrogen and oxygen atoms in total. The van der Waals surface area contributed by atoms with E-state index in [1.54, 1.807) is 0 Å². The quantitative estimate of drug-likeness (QED) is 0.0163. The van der Waals surface area contributed by atoms with Gasteiger partial charge in [0.2, 0.25) is 0 Å². The van der Waals surface area contributed by atoms with E-state index < -0.39 is 91.3 Å². The summed E-state index contributed by atoms with van der Waals surface area (Å²) in [7, 11) is -16.6. The van der Waals surface area contributed by atoms with Crippen molar-refractivity contribution in [3.05, 3.63) is 0 Å². The van der Waals surface area contributed by atoms with Crippen LogP contribution in [0, 0.1) is 0 Å². The number of esters is 2. The highest BCUT2D eigenvalue weighted by Crippen LogP contribution is 2.51. The molecule has 0 aromatic rings. The number of aliphatic hydroxyl groups excluding tert-OH is 3. The molecule has 0 aromatic heterocycles. The third-order valence-corrected chi connectivity index (χ3v) is 11.8. The minimum absolute atomic E-state index is 0.000636. The molecule has 0 spiro atoms. The average molecular weight is 919 g/mol. The number of aliphatic hydroxyl groups is 3. The minimum Gasteiger partial charge on any atom is -0.462 e. The van der Waals surface area contributed by atoms with Crippen LogP contribution in [0.5, 0.6) is 0 Å². The van der Waals surface area contributed by atoms with E-state index in [0.717, 1.165) is 76.4 Å². The fraction of sp³-hybridized carbons (Fsp3) is 0.943. The molecule has 4 unspecified atom stereocenters. The van der Waals surface area contributed by atoms with Gasteiger partial charge in [0.1, 0.15) is 43.2 Å². The van der Waals surface area contributed by atoms with Crippen molar-refractivity contribution in [2.45, 2.75) is 191 Å². The van der Waals surface area contributed by atoms with E-state index in [4.69, 9.17) is 18.5 Å². The molecular formula is C35H69O19P3S. The molecule has 1 fully saturated rings. The molecule has 0 amide bonds. The van der Waals surface area contributed by atoms with Crippen molar-refractivity contribution in [1.82, 2.24) is 0 Å². The standard InChI is InChI=1S/C35H69O19P3S/c1-2-3-4-5-6-7-8-9-10-11-13-17-20-23-29(37)51-27(25-49-28(36)22-19-16-14-12-15-18-21-24-58)26-50-57(47,48)54-33-30(38)31(39)34(52-55(41,42)43)35(32(33)40)53-56(44,45)46/h27,30-35,38-40,58H,2-26H2,1H3,(H,47,48)(H2,41,42,43)(H2,44,45,46)/t27-,30-,31+,32?,33?,34?,35-/m1/s1. The van der Waals surface area contributed by atoms with Crippen molar-refractivity contribution in [3.8, 4) is 0 Å². The Kier molecular flexibility index (Phi) is 29.2. The summed E-state index contributed by atoms with van der Waals surface area (Å²) in [5, 5.41) is 31.7. The first-order valence-electron chi connectivity index (χ1n) is 20.4. The van der Waals surface area contributed by atoms with Gasteiger partial charge in [0.15, 0.2) is 6.10 Å². The first-order valence-corrected chi connectivity index (χ1v) is 25.6.